The number of hydrogen-bond donors (Lipinski definition) is 1. The fourth-order valence-corrected chi connectivity index (χ4v) is 2.86. The van der Waals surface area contributed by atoms with E-state index in [0.29, 0.717) is 19.6 Å². The molecule has 108 valence electrons. The first-order chi connectivity index (χ1) is 8.97. The van der Waals surface area contributed by atoms with Crippen LogP contribution in [0.5, 0.6) is 0 Å². The van der Waals surface area contributed by atoms with Crippen LogP contribution >= 0.6 is 0 Å². The molecule has 2 atom stereocenters. The molecule has 0 aromatic carbocycles. The van der Waals surface area contributed by atoms with Gasteiger partial charge in [-0.3, -0.25) is 14.5 Å². The standard InChI is InChI=1S/C13H23N3O3/c1-10-7-15(8-11(10)13(18)19)9-12(17)16-5-3-14(2)4-6-16/h10-11H,3-9H2,1-2H3,(H,18,19). The van der Waals surface area contributed by atoms with Gasteiger partial charge in [-0.15, -0.1) is 0 Å². The maximum Gasteiger partial charge on any atom is 0.308 e. The van der Waals surface area contributed by atoms with Crippen LogP contribution in [0, 0.1) is 11.8 Å². The van der Waals surface area contributed by atoms with Gasteiger partial charge in [0.2, 0.25) is 5.91 Å². The average molecular weight is 269 g/mol. The average Bonchev–Trinajstić information content (AvgIpc) is 2.71. The molecule has 1 N–H and O–H groups in total. The maximum absolute atomic E-state index is 12.2. The van der Waals surface area contributed by atoms with Gasteiger partial charge in [0.1, 0.15) is 0 Å². The highest BCUT2D eigenvalue weighted by molar-refractivity contribution is 5.78. The van der Waals surface area contributed by atoms with E-state index < -0.39 is 5.97 Å². The number of amides is 1. The Kier molecular flexibility index (Phi) is 4.42. The van der Waals surface area contributed by atoms with Crippen LogP contribution in [0.1, 0.15) is 6.92 Å². The number of hydrogen-bond acceptors (Lipinski definition) is 4. The largest absolute Gasteiger partial charge is 0.481 e. The van der Waals surface area contributed by atoms with Gasteiger partial charge < -0.3 is 14.9 Å². The summed E-state index contributed by atoms with van der Waals surface area (Å²) < 4.78 is 0. The normalized spacial score (nSPS) is 29.7. The lowest BCUT2D eigenvalue weighted by atomic mass is 9.99. The summed E-state index contributed by atoms with van der Waals surface area (Å²) in [5.41, 5.74) is 0. The summed E-state index contributed by atoms with van der Waals surface area (Å²) in [5.74, 6) is -0.827. The quantitative estimate of drug-likeness (QED) is 0.742. The molecule has 2 saturated heterocycles. The van der Waals surface area contributed by atoms with E-state index in [1.807, 2.05) is 16.7 Å². The monoisotopic (exact) mass is 269 g/mol. The van der Waals surface area contributed by atoms with E-state index in [1.54, 1.807) is 0 Å². The topological polar surface area (TPSA) is 64.1 Å². The number of carbonyl (C=O) groups is 2. The number of piperazine rings is 1. The molecule has 0 saturated carbocycles. The molecule has 0 aromatic rings. The molecular weight excluding hydrogens is 246 g/mol. The van der Waals surface area contributed by atoms with Gasteiger partial charge in [0.15, 0.2) is 0 Å². The molecule has 0 radical (unpaired) electrons. The van der Waals surface area contributed by atoms with E-state index in [0.717, 1.165) is 26.2 Å². The third-order valence-corrected chi connectivity index (χ3v) is 4.22. The van der Waals surface area contributed by atoms with Crippen LogP contribution in [0.2, 0.25) is 0 Å². The maximum atomic E-state index is 12.2. The van der Waals surface area contributed by atoms with E-state index in [4.69, 9.17) is 5.11 Å². The number of likely N-dealkylation sites (N-methyl/N-ethyl adjacent to an activating group) is 1. The molecule has 0 spiro atoms. The Bertz CT molecular complexity index is 353. The number of carboxylic acid groups (broad SMARTS) is 1. The number of carbonyl (C=O) groups excluding carboxylic acids is 1. The molecule has 2 heterocycles. The van der Waals surface area contributed by atoms with Crippen molar-refractivity contribution in [1.82, 2.24) is 14.7 Å². The van der Waals surface area contributed by atoms with Gasteiger partial charge in [-0.25, -0.2) is 0 Å². The van der Waals surface area contributed by atoms with E-state index >= 15 is 0 Å². The van der Waals surface area contributed by atoms with Crippen molar-refractivity contribution in [2.45, 2.75) is 6.92 Å². The van der Waals surface area contributed by atoms with Crippen molar-refractivity contribution in [3.8, 4) is 0 Å². The number of rotatable bonds is 3. The third-order valence-electron chi connectivity index (χ3n) is 4.22. The molecule has 0 aromatic heterocycles. The SMILES string of the molecule is CC1CN(CC(=O)N2CCN(C)CC2)CC1C(=O)O. The lowest BCUT2D eigenvalue weighted by molar-refractivity contribution is -0.142. The molecule has 2 rings (SSSR count). The lowest BCUT2D eigenvalue weighted by Gasteiger charge is -2.33. The molecule has 2 aliphatic rings. The van der Waals surface area contributed by atoms with Gasteiger partial charge in [0.25, 0.3) is 0 Å². The van der Waals surface area contributed by atoms with E-state index in [9.17, 15) is 9.59 Å². The summed E-state index contributed by atoms with van der Waals surface area (Å²) >= 11 is 0. The summed E-state index contributed by atoms with van der Waals surface area (Å²) in [6, 6.07) is 0. The van der Waals surface area contributed by atoms with Crippen LogP contribution in [0.15, 0.2) is 0 Å². The molecule has 0 aliphatic carbocycles. The van der Waals surface area contributed by atoms with Crippen molar-refractivity contribution in [2.75, 3.05) is 52.9 Å². The van der Waals surface area contributed by atoms with Crippen LogP contribution < -0.4 is 0 Å². The molecule has 6 nitrogen and oxygen atoms in total. The predicted octanol–water partition coefficient (Wildman–Crippen LogP) is -0.587. The summed E-state index contributed by atoms with van der Waals surface area (Å²) in [4.78, 5) is 29.3. The molecule has 0 bridgehead atoms. The van der Waals surface area contributed by atoms with Gasteiger partial charge in [-0.1, -0.05) is 6.92 Å². The molecular formula is C13H23N3O3. The van der Waals surface area contributed by atoms with Crippen molar-refractivity contribution in [3.05, 3.63) is 0 Å². The highest BCUT2D eigenvalue weighted by Gasteiger charge is 2.35. The smallest absolute Gasteiger partial charge is 0.308 e. The molecule has 2 unspecified atom stereocenters. The van der Waals surface area contributed by atoms with Crippen LogP contribution in [-0.4, -0.2) is 84.5 Å². The van der Waals surface area contributed by atoms with E-state index in [2.05, 4.69) is 11.9 Å². The summed E-state index contributed by atoms with van der Waals surface area (Å²) in [7, 11) is 2.06. The zero-order chi connectivity index (χ0) is 14.0. The summed E-state index contributed by atoms with van der Waals surface area (Å²) in [5, 5.41) is 9.09. The predicted molar refractivity (Wildman–Crippen MR) is 70.8 cm³/mol. The van der Waals surface area contributed by atoms with Crippen molar-refractivity contribution in [1.29, 1.82) is 0 Å². The zero-order valence-electron chi connectivity index (χ0n) is 11.7. The second-order valence-corrected chi connectivity index (χ2v) is 5.80. The van der Waals surface area contributed by atoms with Crippen LogP contribution in [0.4, 0.5) is 0 Å². The molecule has 2 fully saturated rings. The van der Waals surface area contributed by atoms with Gasteiger partial charge >= 0.3 is 5.97 Å². The summed E-state index contributed by atoms with van der Waals surface area (Å²) in [6.45, 7) is 6.89. The van der Waals surface area contributed by atoms with Crippen molar-refractivity contribution in [2.24, 2.45) is 11.8 Å². The Morgan fingerprint density at radius 3 is 2.32 bits per heavy atom. The number of likely N-dealkylation sites (tertiary alicyclic amines) is 1. The Hall–Kier alpha value is -1.14. The first kappa shape index (κ1) is 14.3. The van der Waals surface area contributed by atoms with Gasteiger partial charge in [0, 0.05) is 39.3 Å². The van der Waals surface area contributed by atoms with Crippen molar-refractivity contribution < 1.29 is 14.7 Å². The van der Waals surface area contributed by atoms with Gasteiger partial charge in [-0.05, 0) is 13.0 Å². The second kappa shape index (κ2) is 5.88. The van der Waals surface area contributed by atoms with Crippen molar-refractivity contribution >= 4 is 11.9 Å². The number of aliphatic carboxylic acids is 1. The number of nitrogens with zero attached hydrogens (tertiary/aromatic N) is 3. The highest BCUT2D eigenvalue weighted by Crippen LogP contribution is 2.22. The minimum absolute atomic E-state index is 0.123. The fraction of sp³-hybridized carbons (Fsp3) is 0.846. The van der Waals surface area contributed by atoms with E-state index in [1.165, 1.54) is 0 Å². The Morgan fingerprint density at radius 2 is 1.79 bits per heavy atom. The van der Waals surface area contributed by atoms with E-state index in [-0.39, 0.29) is 17.7 Å². The minimum Gasteiger partial charge on any atom is -0.481 e. The molecule has 6 heteroatoms. The van der Waals surface area contributed by atoms with Crippen LogP contribution in [-0.2, 0) is 9.59 Å². The first-order valence-corrected chi connectivity index (χ1v) is 6.89. The van der Waals surface area contributed by atoms with Gasteiger partial charge in [0.05, 0.1) is 12.5 Å². The van der Waals surface area contributed by atoms with Crippen molar-refractivity contribution in [3.63, 3.8) is 0 Å². The van der Waals surface area contributed by atoms with Crippen LogP contribution in [0.3, 0.4) is 0 Å². The molecule has 19 heavy (non-hydrogen) atoms. The minimum atomic E-state index is -0.748. The van der Waals surface area contributed by atoms with Crippen LogP contribution in [0.25, 0.3) is 0 Å². The fourth-order valence-electron chi connectivity index (χ4n) is 2.86. The highest BCUT2D eigenvalue weighted by atomic mass is 16.4. The first-order valence-electron chi connectivity index (χ1n) is 6.89. The Balaban J connectivity index is 1.82. The molecule has 1 amide bonds. The zero-order valence-corrected chi connectivity index (χ0v) is 11.7. The second-order valence-electron chi connectivity index (χ2n) is 5.80. The number of carboxylic acids is 1. The lowest BCUT2D eigenvalue weighted by Crippen LogP contribution is -2.49. The Labute approximate surface area is 114 Å². The molecule has 2 aliphatic heterocycles. The third kappa shape index (κ3) is 3.45. The Morgan fingerprint density at radius 1 is 1.16 bits per heavy atom. The summed E-state index contributed by atoms with van der Waals surface area (Å²) in [6.07, 6.45) is 0. The van der Waals surface area contributed by atoms with Gasteiger partial charge in [-0.2, -0.15) is 0 Å².